The summed E-state index contributed by atoms with van der Waals surface area (Å²) in [5, 5.41) is 4.28. The lowest BCUT2D eigenvalue weighted by atomic mass is 10.0. The predicted molar refractivity (Wildman–Crippen MR) is 102 cm³/mol. The second-order valence-electron chi connectivity index (χ2n) is 6.71. The molecule has 1 aliphatic rings. The van der Waals surface area contributed by atoms with Crippen molar-refractivity contribution in [2.75, 3.05) is 18.8 Å². The van der Waals surface area contributed by atoms with Crippen molar-refractivity contribution in [2.45, 2.75) is 45.3 Å². The quantitative estimate of drug-likeness (QED) is 0.858. The van der Waals surface area contributed by atoms with Gasteiger partial charge in [-0.3, -0.25) is 4.90 Å². The van der Waals surface area contributed by atoms with E-state index in [1.807, 2.05) is 12.1 Å². The molecule has 0 aliphatic carbocycles. The number of nitrogens with one attached hydrogen (secondary N) is 1. The zero-order chi connectivity index (χ0) is 17.6. The van der Waals surface area contributed by atoms with E-state index in [4.69, 9.17) is 17.3 Å². The zero-order valence-electron chi connectivity index (χ0n) is 14.7. The standard InChI is InChI=1S/C19H26ClN5/c1-14-11-16(20)5-4-15(14)12-25(17-3-2-8-22-9-6-17)13-19-23-10-7-18(21)24-19/h4-5,7,10-11,17,22H,2-3,6,8-9,12-13H2,1H3,(H2,21,23,24). The molecule has 1 atom stereocenters. The van der Waals surface area contributed by atoms with Gasteiger partial charge in [0, 0.05) is 23.8 Å². The van der Waals surface area contributed by atoms with Gasteiger partial charge in [0.25, 0.3) is 0 Å². The Labute approximate surface area is 154 Å². The van der Waals surface area contributed by atoms with Crippen LogP contribution >= 0.6 is 11.6 Å². The Morgan fingerprint density at radius 1 is 1.24 bits per heavy atom. The molecule has 1 aromatic heterocycles. The topological polar surface area (TPSA) is 67.1 Å². The highest BCUT2D eigenvalue weighted by atomic mass is 35.5. The number of benzene rings is 1. The molecule has 2 aromatic rings. The van der Waals surface area contributed by atoms with Crippen LogP contribution in [0.4, 0.5) is 5.82 Å². The van der Waals surface area contributed by atoms with E-state index in [2.05, 4.69) is 33.2 Å². The molecular weight excluding hydrogens is 334 g/mol. The maximum Gasteiger partial charge on any atom is 0.144 e. The Morgan fingerprint density at radius 2 is 2.12 bits per heavy atom. The molecule has 6 heteroatoms. The normalized spacial score (nSPS) is 18.3. The predicted octanol–water partition coefficient (Wildman–Crippen LogP) is 3.16. The molecule has 25 heavy (non-hydrogen) atoms. The summed E-state index contributed by atoms with van der Waals surface area (Å²) >= 11 is 6.12. The van der Waals surface area contributed by atoms with Crippen molar-refractivity contribution < 1.29 is 0 Å². The van der Waals surface area contributed by atoms with Gasteiger partial charge in [0.15, 0.2) is 0 Å². The molecule has 3 rings (SSSR count). The lowest BCUT2D eigenvalue weighted by Crippen LogP contribution is -2.35. The first-order valence-electron chi connectivity index (χ1n) is 8.89. The van der Waals surface area contributed by atoms with Gasteiger partial charge in [-0.25, -0.2) is 9.97 Å². The molecule has 0 bridgehead atoms. The first-order chi connectivity index (χ1) is 12.1. The Kier molecular flexibility index (Phi) is 6.24. The third-order valence-corrected chi connectivity index (χ3v) is 5.05. The lowest BCUT2D eigenvalue weighted by molar-refractivity contribution is 0.160. The van der Waals surface area contributed by atoms with Gasteiger partial charge in [-0.2, -0.15) is 0 Å². The molecule has 1 fully saturated rings. The summed E-state index contributed by atoms with van der Waals surface area (Å²) < 4.78 is 0. The van der Waals surface area contributed by atoms with E-state index in [1.54, 1.807) is 12.3 Å². The second-order valence-corrected chi connectivity index (χ2v) is 7.14. The van der Waals surface area contributed by atoms with Crippen molar-refractivity contribution >= 4 is 17.4 Å². The summed E-state index contributed by atoms with van der Waals surface area (Å²) in [5.41, 5.74) is 8.35. The van der Waals surface area contributed by atoms with Crippen LogP contribution in [0.25, 0.3) is 0 Å². The van der Waals surface area contributed by atoms with Gasteiger partial charge in [0.1, 0.15) is 11.6 Å². The number of hydrogen-bond acceptors (Lipinski definition) is 5. The van der Waals surface area contributed by atoms with Gasteiger partial charge >= 0.3 is 0 Å². The van der Waals surface area contributed by atoms with Gasteiger partial charge < -0.3 is 11.1 Å². The molecule has 0 amide bonds. The number of nitrogens with zero attached hydrogens (tertiary/aromatic N) is 3. The monoisotopic (exact) mass is 359 g/mol. The van der Waals surface area contributed by atoms with E-state index in [9.17, 15) is 0 Å². The number of anilines is 1. The zero-order valence-corrected chi connectivity index (χ0v) is 15.5. The van der Waals surface area contributed by atoms with Gasteiger partial charge in [-0.05, 0) is 68.6 Å². The van der Waals surface area contributed by atoms with E-state index in [0.29, 0.717) is 18.4 Å². The molecule has 2 heterocycles. The van der Waals surface area contributed by atoms with Crippen LogP contribution in [0.2, 0.25) is 5.02 Å². The molecule has 1 aliphatic heterocycles. The van der Waals surface area contributed by atoms with Crippen LogP contribution in [0.15, 0.2) is 30.5 Å². The van der Waals surface area contributed by atoms with Crippen LogP contribution in [-0.4, -0.2) is 34.0 Å². The Bertz CT molecular complexity index is 698. The first kappa shape index (κ1) is 18.1. The van der Waals surface area contributed by atoms with Crippen molar-refractivity contribution in [1.29, 1.82) is 0 Å². The summed E-state index contributed by atoms with van der Waals surface area (Å²) in [4.78, 5) is 11.3. The highest BCUT2D eigenvalue weighted by molar-refractivity contribution is 6.30. The molecule has 3 N–H and O–H groups in total. The van der Waals surface area contributed by atoms with Crippen molar-refractivity contribution in [3.05, 3.63) is 52.4 Å². The Hall–Kier alpha value is -1.69. The largest absolute Gasteiger partial charge is 0.384 e. The van der Waals surface area contributed by atoms with Gasteiger partial charge in [-0.1, -0.05) is 17.7 Å². The molecule has 0 radical (unpaired) electrons. The van der Waals surface area contributed by atoms with Crippen molar-refractivity contribution in [3.63, 3.8) is 0 Å². The number of nitrogens with two attached hydrogens (primary N) is 1. The third-order valence-electron chi connectivity index (χ3n) is 4.81. The number of rotatable bonds is 5. The SMILES string of the molecule is Cc1cc(Cl)ccc1CN(Cc1nccc(N)n1)C1CCCNCC1. The highest BCUT2D eigenvalue weighted by Crippen LogP contribution is 2.22. The lowest BCUT2D eigenvalue weighted by Gasteiger charge is -2.31. The molecule has 0 saturated carbocycles. The number of nitrogen functional groups attached to an aromatic ring is 1. The summed E-state index contributed by atoms with van der Waals surface area (Å²) in [5.74, 6) is 1.30. The first-order valence-corrected chi connectivity index (χ1v) is 9.27. The van der Waals surface area contributed by atoms with Gasteiger partial charge in [-0.15, -0.1) is 0 Å². The average molecular weight is 360 g/mol. The second kappa shape index (κ2) is 8.61. The average Bonchev–Trinajstić information content (AvgIpc) is 2.86. The maximum absolute atomic E-state index is 6.12. The van der Waals surface area contributed by atoms with Crippen molar-refractivity contribution in [1.82, 2.24) is 20.2 Å². The minimum Gasteiger partial charge on any atom is -0.384 e. The highest BCUT2D eigenvalue weighted by Gasteiger charge is 2.22. The van der Waals surface area contributed by atoms with Crippen LogP contribution in [0.1, 0.15) is 36.2 Å². The summed E-state index contributed by atoms with van der Waals surface area (Å²) in [7, 11) is 0. The fraction of sp³-hybridized carbons (Fsp3) is 0.474. The summed E-state index contributed by atoms with van der Waals surface area (Å²) in [6.07, 6.45) is 5.24. The Balaban J connectivity index is 1.82. The molecule has 1 unspecified atom stereocenters. The summed E-state index contributed by atoms with van der Waals surface area (Å²) in [6, 6.07) is 8.36. The fourth-order valence-electron chi connectivity index (χ4n) is 3.41. The van der Waals surface area contributed by atoms with Gasteiger partial charge in [0.05, 0.1) is 6.54 Å². The number of aryl methyl sites for hydroxylation is 1. The number of hydrogen-bond donors (Lipinski definition) is 2. The molecule has 5 nitrogen and oxygen atoms in total. The van der Waals surface area contributed by atoms with Crippen LogP contribution in [0.5, 0.6) is 0 Å². The van der Waals surface area contributed by atoms with Crippen LogP contribution in [-0.2, 0) is 13.1 Å². The molecular formula is C19H26ClN5. The minimum absolute atomic E-state index is 0.509. The van der Waals surface area contributed by atoms with E-state index in [0.717, 1.165) is 36.9 Å². The van der Waals surface area contributed by atoms with E-state index in [1.165, 1.54) is 24.0 Å². The van der Waals surface area contributed by atoms with Gasteiger partial charge in [0.2, 0.25) is 0 Å². The van der Waals surface area contributed by atoms with E-state index in [-0.39, 0.29) is 0 Å². The number of aromatic nitrogens is 2. The van der Waals surface area contributed by atoms with Crippen LogP contribution < -0.4 is 11.1 Å². The molecule has 1 aromatic carbocycles. The van der Waals surface area contributed by atoms with Crippen LogP contribution in [0.3, 0.4) is 0 Å². The van der Waals surface area contributed by atoms with Crippen molar-refractivity contribution in [2.24, 2.45) is 0 Å². The third kappa shape index (κ3) is 5.14. The molecule has 134 valence electrons. The van der Waals surface area contributed by atoms with E-state index >= 15 is 0 Å². The smallest absolute Gasteiger partial charge is 0.144 e. The summed E-state index contributed by atoms with van der Waals surface area (Å²) in [6.45, 7) is 5.84. The maximum atomic E-state index is 6.12. The van der Waals surface area contributed by atoms with E-state index < -0.39 is 0 Å². The molecule has 0 spiro atoms. The fourth-order valence-corrected chi connectivity index (χ4v) is 3.63. The van der Waals surface area contributed by atoms with Crippen LogP contribution in [0, 0.1) is 6.92 Å². The minimum atomic E-state index is 0.509. The Morgan fingerprint density at radius 3 is 2.92 bits per heavy atom. The molecule has 1 saturated heterocycles. The number of halogens is 1. The van der Waals surface area contributed by atoms with Crippen molar-refractivity contribution in [3.8, 4) is 0 Å².